The molecule has 0 aliphatic carbocycles. The number of fused-ring (bicyclic) bond motifs is 1. The van der Waals surface area contributed by atoms with Crippen molar-refractivity contribution in [3.63, 3.8) is 0 Å². The molecule has 0 fully saturated rings. The predicted octanol–water partition coefficient (Wildman–Crippen LogP) is 3.85. The third-order valence-corrected chi connectivity index (χ3v) is 6.32. The minimum absolute atomic E-state index is 0.0350. The zero-order valence-corrected chi connectivity index (χ0v) is 20.7. The molecule has 0 radical (unpaired) electrons. The molecule has 0 saturated heterocycles. The Balaban J connectivity index is 1.50. The summed E-state index contributed by atoms with van der Waals surface area (Å²) in [6.45, 7) is 2.60. The first-order valence-corrected chi connectivity index (χ1v) is 12.8. The largest absolute Gasteiger partial charge is 0.484 e. The van der Waals surface area contributed by atoms with Gasteiger partial charge in [0, 0.05) is 49.2 Å². The molecule has 8 nitrogen and oxygen atoms in total. The van der Waals surface area contributed by atoms with Gasteiger partial charge in [0.15, 0.2) is 6.61 Å². The topological polar surface area (TPSA) is 99.4 Å². The molecule has 2 heterocycles. The van der Waals surface area contributed by atoms with Gasteiger partial charge in [-0.1, -0.05) is 37.5 Å². The van der Waals surface area contributed by atoms with Crippen molar-refractivity contribution in [3.8, 4) is 5.75 Å². The fraction of sp³-hybridized carbons (Fsp3) is 0.393. The molecule has 2 amide bonds. The van der Waals surface area contributed by atoms with Crippen LogP contribution in [0.15, 0.2) is 61.1 Å². The summed E-state index contributed by atoms with van der Waals surface area (Å²) in [6.07, 6.45) is 9.53. The highest BCUT2D eigenvalue weighted by Crippen LogP contribution is 2.25. The van der Waals surface area contributed by atoms with Crippen molar-refractivity contribution in [3.05, 3.63) is 77.9 Å². The lowest BCUT2D eigenvalue weighted by Crippen LogP contribution is -2.37. The number of benzene rings is 2. The molecule has 3 N–H and O–H groups in total. The monoisotopic (exact) mass is 489 g/mol. The first-order chi connectivity index (χ1) is 17.7. The molecule has 0 unspecified atom stereocenters. The lowest BCUT2D eigenvalue weighted by molar-refractivity contribution is -0.120. The van der Waals surface area contributed by atoms with Crippen LogP contribution in [0.4, 0.5) is 5.69 Å². The van der Waals surface area contributed by atoms with E-state index in [1.165, 1.54) is 6.42 Å². The van der Waals surface area contributed by atoms with Crippen LogP contribution in [0.1, 0.15) is 53.7 Å². The van der Waals surface area contributed by atoms with E-state index in [-0.39, 0.29) is 18.4 Å². The molecule has 1 aromatic heterocycles. The molecule has 0 spiro atoms. The zero-order chi connectivity index (χ0) is 25.0. The number of aromatic nitrogens is 2. The maximum absolute atomic E-state index is 13.3. The van der Waals surface area contributed by atoms with Gasteiger partial charge in [0.25, 0.3) is 11.8 Å². The molecule has 0 saturated carbocycles. The zero-order valence-electron chi connectivity index (χ0n) is 20.7. The van der Waals surface area contributed by atoms with Crippen LogP contribution in [0.3, 0.4) is 0 Å². The Morgan fingerprint density at radius 3 is 2.69 bits per heavy atom. The molecular formula is C28H35N5O3. The van der Waals surface area contributed by atoms with Gasteiger partial charge in [-0.15, -0.1) is 0 Å². The minimum Gasteiger partial charge on any atom is -0.484 e. The second kappa shape index (κ2) is 13.4. The third-order valence-electron chi connectivity index (χ3n) is 6.32. The molecular weight excluding hydrogens is 454 g/mol. The van der Waals surface area contributed by atoms with Crippen molar-refractivity contribution < 1.29 is 14.3 Å². The van der Waals surface area contributed by atoms with E-state index in [1.54, 1.807) is 18.6 Å². The maximum Gasteiger partial charge on any atom is 0.264 e. The molecule has 3 aromatic rings. The van der Waals surface area contributed by atoms with Crippen LogP contribution in [-0.2, 0) is 17.8 Å². The van der Waals surface area contributed by atoms with Gasteiger partial charge in [-0.25, -0.2) is 4.98 Å². The van der Waals surface area contributed by atoms with E-state index in [4.69, 9.17) is 4.74 Å². The number of ether oxygens (including phenoxy) is 1. The number of hydrogen-bond acceptors (Lipinski definition) is 5. The highest BCUT2D eigenvalue weighted by molar-refractivity contribution is 5.98. The van der Waals surface area contributed by atoms with Gasteiger partial charge >= 0.3 is 0 Å². The van der Waals surface area contributed by atoms with Crippen LogP contribution in [0, 0.1) is 0 Å². The molecule has 0 bridgehead atoms. The highest BCUT2D eigenvalue weighted by atomic mass is 16.5. The van der Waals surface area contributed by atoms with E-state index in [0.29, 0.717) is 37.4 Å². The van der Waals surface area contributed by atoms with Crippen LogP contribution in [0.5, 0.6) is 5.75 Å². The Hall–Kier alpha value is -3.65. The Morgan fingerprint density at radius 2 is 1.86 bits per heavy atom. The number of nitrogens with one attached hydrogen (secondary N) is 3. The number of hydrogen-bond donors (Lipinski definition) is 3. The van der Waals surface area contributed by atoms with Gasteiger partial charge in [-0.2, -0.15) is 0 Å². The SMILES string of the molecule is O=C(NCCc1cnc[nH]1)c1ccc2c(c1)CNCCCCCCCN2C(=O)COc1ccccc1. The van der Waals surface area contributed by atoms with Gasteiger partial charge in [-0.05, 0) is 55.3 Å². The molecule has 190 valence electrons. The average molecular weight is 490 g/mol. The van der Waals surface area contributed by atoms with Crippen LogP contribution in [0.2, 0.25) is 0 Å². The minimum atomic E-state index is -0.131. The number of carbonyl (C=O) groups is 2. The lowest BCUT2D eigenvalue weighted by atomic mass is 10.0. The summed E-state index contributed by atoms with van der Waals surface area (Å²) in [5.41, 5.74) is 3.33. The summed E-state index contributed by atoms with van der Waals surface area (Å²) in [5, 5.41) is 6.47. The van der Waals surface area contributed by atoms with Crippen LogP contribution in [-0.4, -0.2) is 48.0 Å². The summed E-state index contributed by atoms with van der Waals surface area (Å²) >= 11 is 0. The summed E-state index contributed by atoms with van der Waals surface area (Å²) in [7, 11) is 0. The van der Waals surface area contributed by atoms with Crippen LogP contribution < -0.4 is 20.3 Å². The number of H-pyrrole nitrogens is 1. The van der Waals surface area contributed by atoms with Crippen molar-refractivity contribution >= 4 is 17.5 Å². The molecule has 8 heteroatoms. The van der Waals surface area contributed by atoms with Gasteiger partial charge in [0.2, 0.25) is 0 Å². The average Bonchev–Trinajstić information content (AvgIpc) is 3.42. The lowest BCUT2D eigenvalue weighted by Gasteiger charge is -2.26. The standard InChI is InChI=1S/C28H35N5O3/c34-27(20-36-25-9-5-4-6-10-25)33-16-8-3-1-2-7-14-29-18-23-17-22(11-12-26(23)33)28(35)31-15-13-24-19-30-21-32-24/h4-6,9-12,17,19,21,29H,1-3,7-8,13-16,18,20H2,(H,30,32)(H,31,35). The van der Waals surface area contributed by atoms with E-state index in [0.717, 1.165) is 49.2 Å². The van der Waals surface area contributed by atoms with E-state index in [1.807, 2.05) is 47.4 Å². The predicted molar refractivity (Wildman–Crippen MR) is 140 cm³/mol. The summed E-state index contributed by atoms with van der Waals surface area (Å²) in [5.74, 6) is 0.451. The van der Waals surface area contributed by atoms with Crippen molar-refractivity contribution in [1.29, 1.82) is 0 Å². The van der Waals surface area contributed by atoms with Crippen LogP contribution >= 0.6 is 0 Å². The third kappa shape index (κ3) is 7.42. The first kappa shape index (κ1) is 25.4. The number of anilines is 1. The Labute approximate surface area is 212 Å². The fourth-order valence-electron chi connectivity index (χ4n) is 4.36. The molecule has 36 heavy (non-hydrogen) atoms. The highest BCUT2D eigenvalue weighted by Gasteiger charge is 2.21. The van der Waals surface area contributed by atoms with E-state index in [2.05, 4.69) is 20.6 Å². The van der Waals surface area contributed by atoms with Crippen molar-refractivity contribution in [2.75, 3.05) is 31.1 Å². The summed E-state index contributed by atoms with van der Waals surface area (Å²) in [6, 6.07) is 15.0. The van der Waals surface area contributed by atoms with E-state index < -0.39 is 0 Å². The smallest absolute Gasteiger partial charge is 0.264 e. The molecule has 2 aromatic carbocycles. The summed E-state index contributed by atoms with van der Waals surface area (Å²) < 4.78 is 5.77. The van der Waals surface area contributed by atoms with Gasteiger partial charge in [-0.3, -0.25) is 9.59 Å². The number of nitrogens with zero attached hydrogens (tertiary/aromatic N) is 2. The number of amides is 2. The first-order valence-electron chi connectivity index (χ1n) is 12.8. The molecule has 1 aliphatic rings. The Bertz CT molecular complexity index is 1100. The second-order valence-electron chi connectivity index (χ2n) is 9.02. The van der Waals surface area contributed by atoms with E-state index in [9.17, 15) is 9.59 Å². The van der Waals surface area contributed by atoms with Crippen molar-refractivity contribution in [1.82, 2.24) is 20.6 Å². The maximum atomic E-state index is 13.3. The van der Waals surface area contributed by atoms with Gasteiger partial charge in [0.05, 0.1) is 6.33 Å². The number of imidazole rings is 1. The van der Waals surface area contributed by atoms with Gasteiger partial charge < -0.3 is 25.3 Å². The Morgan fingerprint density at radius 1 is 1.03 bits per heavy atom. The van der Waals surface area contributed by atoms with Crippen molar-refractivity contribution in [2.24, 2.45) is 0 Å². The summed E-state index contributed by atoms with van der Waals surface area (Å²) in [4.78, 5) is 35.0. The quantitative estimate of drug-likeness (QED) is 0.468. The number of carbonyl (C=O) groups excluding carboxylic acids is 2. The normalized spacial score (nSPS) is 14.7. The fourth-order valence-corrected chi connectivity index (χ4v) is 4.36. The molecule has 1 aliphatic heterocycles. The second-order valence-corrected chi connectivity index (χ2v) is 9.02. The van der Waals surface area contributed by atoms with Gasteiger partial charge in [0.1, 0.15) is 5.75 Å². The molecule has 0 atom stereocenters. The van der Waals surface area contributed by atoms with Crippen LogP contribution in [0.25, 0.3) is 0 Å². The van der Waals surface area contributed by atoms with E-state index >= 15 is 0 Å². The van der Waals surface area contributed by atoms with Crippen molar-refractivity contribution in [2.45, 2.75) is 45.1 Å². The Kier molecular flexibility index (Phi) is 9.50. The molecule has 4 rings (SSSR count). The number of aromatic amines is 1. The number of rotatable bonds is 7. The number of para-hydroxylation sites is 1.